The summed E-state index contributed by atoms with van der Waals surface area (Å²) in [4.78, 5) is 3.94. The maximum atomic E-state index is 9.43. The Kier molecular flexibility index (Phi) is 3.76. The number of aromatic nitrogens is 1. The van der Waals surface area contributed by atoms with E-state index in [0.717, 1.165) is 0 Å². The van der Waals surface area contributed by atoms with Gasteiger partial charge in [0.15, 0.2) is 11.5 Å². The molecule has 1 aliphatic heterocycles. The maximum Gasteiger partial charge on any atom is 0.170 e. The van der Waals surface area contributed by atoms with Crippen molar-refractivity contribution in [3.05, 3.63) is 53.9 Å². The van der Waals surface area contributed by atoms with E-state index >= 15 is 0 Å². The molecule has 2 heterocycles. The zero-order valence-electron chi connectivity index (χ0n) is 11.0. The average molecular weight is 299 g/mol. The van der Waals surface area contributed by atoms with Crippen molar-refractivity contribution >= 4 is 22.2 Å². The number of rotatable bonds is 2. The molecule has 21 heavy (non-hydrogen) atoms. The second-order valence-corrected chi connectivity index (χ2v) is 4.74. The monoisotopic (exact) mass is 298 g/mol. The van der Waals surface area contributed by atoms with Crippen LogP contribution in [0.25, 0.3) is 10.6 Å². The molecule has 0 aliphatic carbocycles. The Morgan fingerprint density at radius 1 is 1.14 bits per heavy atom. The van der Waals surface area contributed by atoms with Crippen LogP contribution in [0.1, 0.15) is 11.1 Å². The zero-order valence-corrected chi connectivity index (χ0v) is 11.8. The molecule has 0 saturated heterocycles. The molecule has 4 nitrogen and oxygen atoms in total. The lowest BCUT2D eigenvalue weighted by atomic mass is 10.0. The lowest BCUT2D eigenvalue weighted by Gasteiger charge is -2.21. The topological polar surface area (TPSA) is 55.1 Å². The molecule has 0 fully saturated rings. The maximum absolute atomic E-state index is 9.43. The van der Waals surface area contributed by atoms with Gasteiger partial charge in [0.25, 0.3) is 0 Å². The van der Waals surface area contributed by atoms with E-state index < -0.39 is 0 Å². The number of benzene rings is 1. The standard InChI is InChI=1S/C16H11ClN2O2/c17-15(13(10-18)11-4-6-19-7-5-11)12-2-1-3-14-16(12)21-9-8-20-14/h1-7H,8-9H2/b15-13-. The van der Waals surface area contributed by atoms with Gasteiger partial charge in [-0.05, 0) is 29.8 Å². The van der Waals surface area contributed by atoms with Crippen molar-refractivity contribution in [2.45, 2.75) is 0 Å². The quantitative estimate of drug-likeness (QED) is 0.797. The van der Waals surface area contributed by atoms with E-state index in [4.69, 9.17) is 21.1 Å². The number of pyridine rings is 1. The summed E-state index contributed by atoms with van der Waals surface area (Å²) in [5.74, 6) is 1.22. The Balaban J connectivity index is 2.15. The van der Waals surface area contributed by atoms with Crippen LogP contribution in [-0.2, 0) is 0 Å². The Morgan fingerprint density at radius 2 is 1.90 bits per heavy atom. The van der Waals surface area contributed by atoms with Gasteiger partial charge in [0, 0.05) is 18.0 Å². The minimum absolute atomic E-state index is 0.339. The van der Waals surface area contributed by atoms with Crippen LogP contribution in [0.3, 0.4) is 0 Å². The summed E-state index contributed by atoms with van der Waals surface area (Å²) >= 11 is 6.45. The fourth-order valence-corrected chi connectivity index (χ4v) is 2.44. The first-order chi connectivity index (χ1) is 10.3. The normalized spacial score (nSPS) is 14.1. The summed E-state index contributed by atoms with van der Waals surface area (Å²) in [5, 5.41) is 9.77. The molecular formula is C16H11ClN2O2. The average Bonchev–Trinajstić information content (AvgIpc) is 2.56. The highest BCUT2D eigenvalue weighted by molar-refractivity contribution is 6.53. The van der Waals surface area contributed by atoms with Crippen LogP contribution >= 0.6 is 11.6 Å². The Labute approximate surface area is 127 Å². The molecule has 0 radical (unpaired) electrons. The number of nitrogens with zero attached hydrogens (tertiary/aromatic N) is 2. The lowest BCUT2D eigenvalue weighted by molar-refractivity contribution is 0.171. The molecule has 1 aromatic carbocycles. The third kappa shape index (κ3) is 2.56. The number of hydrogen-bond donors (Lipinski definition) is 0. The smallest absolute Gasteiger partial charge is 0.170 e. The predicted molar refractivity (Wildman–Crippen MR) is 79.9 cm³/mol. The number of ether oxygens (including phenoxy) is 2. The Morgan fingerprint density at radius 3 is 2.67 bits per heavy atom. The third-order valence-corrected chi connectivity index (χ3v) is 3.50. The number of allylic oxidation sites excluding steroid dienone is 1. The van der Waals surface area contributed by atoms with Crippen molar-refractivity contribution in [3.63, 3.8) is 0 Å². The predicted octanol–water partition coefficient (Wildman–Crippen LogP) is 3.48. The minimum atomic E-state index is 0.339. The highest BCUT2D eigenvalue weighted by atomic mass is 35.5. The van der Waals surface area contributed by atoms with E-state index in [2.05, 4.69) is 11.1 Å². The summed E-state index contributed by atoms with van der Waals surface area (Å²) < 4.78 is 11.2. The second kappa shape index (κ2) is 5.86. The SMILES string of the molecule is N#C/C(=C(/Cl)c1cccc2c1OCCO2)c1ccncc1. The second-order valence-electron chi connectivity index (χ2n) is 4.37. The van der Waals surface area contributed by atoms with E-state index in [1.165, 1.54) is 0 Å². The molecule has 0 spiro atoms. The van der Waals surface area contributed by atoms with Gasteiger partial charge in [0.2, 0.25) is 0 Å². The molecule has 0 unspecified atom stereocenters. The lowest BCUT2D eigenvalue weighted by Crippen LogP contribution is -2.16. The van der Waals surface area contributed by atoms with Crippen molar-refractivity contribution in [2.75, 3.05) is 13.2 Å². The van der Waals surface area contributed by atoms with Gasteiger partial charge in [0.1, 0.15) is 19.3 Å². The van der Waals surface area contributed by atoms with Gasteiger partial charge in [-0.2, -0.15) is 5.26 Å². The number of hydrogen-bond acceptors (Lipinski definition) is 4. The first-order valence-corrected chi connectivity index (χ1v) is 6.78. The van der Waals surface area contributed by atoms with Gasteiger partial charge in [0.05, 0.1) is 10.6 Å². The fourth-order valence-electron chi connectivity index (χ4n) is 2.14. The van der Waals surface area contributed by atoms with Gasteiger partial charge in [-0.25, -0.2) is 0 Å². The molecule has 104 valence electrons. The molecule has 0 bridgehead atoms. The zero-order chi connectivity index (χ0) is 14.7. The molecule has 0 amide bonds. The van der Waals surface area contributed by atoms with Crippen LogP contribution in [0.4, 0.5) is 0 Å². The van der Waals surface area contributed by atoms with Crippen molar-refractivity contribution < 1.29 is 9.47 Å². The Hall–Kier alpha value is -2.51. The third-order valence-electron chi connectivity index (χ3n) is 3.10. The highest BCUT2D eigenvalue weighted by Gasteiger charge is 2.20. The van der Waals surface area contributed by atoms with Crippen molar-refractivity contribution in [2.24, 2.45) is 0 Å². The summed E-state index contributed by atoms with van der Waals surface area (Å²) in [6, 6.07) is 11.1. The molecule has 2 aromatic rings. The van der Waals surface area contributed by atoms with E-state index in [1.807, 2.05) is 18.2 Å². The fraction of sp³-hybridized carbons (Fsp3) is 0.125. The van der Waals surface area contributed by atoms with Crippen LogP contribution in [0.5, 0.6) is 11.5 Å². The van der Waals surface area contributed by atoms with Crippen molar-refractivity contribution in [3.8, 4) is 17.6 Å². The molecule has 0 N–H and O–H groups in total. The summed E-state index contributed by atoms with van der Waals surface area (Å²) in [7, 11) is 0. The first kappa shape index (κ1) is 13.5. The number of halogens is 1. The van der Waals surface area contributed by atoms with Crippen LogP contribution in [0.2, 0.25) is 0 Å². The first-order valence-electron chi connectivity index (χ1n) is 6.40. The number of nitriles is 1. The van der Waals surface area contributed by atoms with Crippen LogP contribution in [0.15, 0.2) is 42.7 Å². The van der Waals surface area contributed by atoms with Crippen molar-refractivity contribution in [1.82, 2.24) is 4.98 Å². The van der Waals surface area contributed by atoms with Gasteiger partial charge in [-0.1, -0.05) is 17.7 Å². The summed E-state index contributed by atoms with van der Waals surface area (Å²) in [6.07, 6.45) is 3.24. The Bertz CT molecular complexity index is 736. The molecule has 0 saturated carbocycles. The minimum Gasteiger partial charge on any atom is -0.486 e. The number of fused-ring (bicyclic) bond motifs is 1. The molecule has 1 aliphatic rings. The van der Waals surface area contributed by atoms with Crippen LogP contribution in [-0.4, -0.2) is 18.2 Å². The van der Waals surface area contributed by atoms with E-state index in [-0.39, 0.29) is 0 Å². The molecule has 3 rings (SSSR count). The molecular weight excluding hydrogens is 288 g/mol. The highest BCUT2D eigenvalue weighted by Crippen LogP contribution is 2.41. The van der Waals surface area contributed by atoms with E-state index in [9.17, 15) is 5.26 Å². The van der Waals surface area contributed by atoms with Crippen LogP contribution in [0, 0.1) is 11.3 Å². The molecule has 5 heteroatoms. The largest absolute Gasteiger partial charge is 0.486 e. The summed E-state index contributed by atoms with van der Waals surface area (Å²) in [5.41, 5.74) is 1.75. The van der Waals surface area contributed by atoms with E-state index in [1.54, 1.807) is 24.5 Å². The van der Waals surface area contributed by atoms with Crippen LogP contribution < -0.4 is 9.47 Å². The van der Waals surface area contributed by atoms with Gasteiger partial charge < -0.3 is 9.47 Å². The van der Waals surface area contributed by atoms with Gasteiger partial charge >= 0.3 is 0 Å². The molecule has 0 atom stereocenters. The van der Waals surface area contributed by atoms with Crippen molar-refractivity contribution in [1.29, 1.82) is 5.26 Å². The number of para-hydroxylation sites is 1. The molecule has 1 aromatic heterocycles. The van der Waals surface area contributed by atoms with Gasteiger partial charge in [-0.3, -0.25) is 4.98 Å². The van der Waals surface area contributed by atoms with Gasteiger partial charge in [-0.15, -0.1) is 0 Å². The summed E-state index contributed by atoms with van der Waals surface area (Å²) in [6.45, 7) is 0.971. The van der Waals surface area contributed by atoms with E-state index in [0.29, 0.717) is 46.4 Å².